The predicted octanol–water partition coefficient (Wildman–Crippen LogP) is 14.6. The average molecular weight is 741 g/mol. The summed E-state index contributed by atoms with van der Waals surface area (Å²) in [7, 11) is 0. The molecule has 0 saturated carbocycles. The zero-order valence-corrected chi connectivity index (χ0v) is 31.0. The highest BCUT2D eigenvalue weighted by atomic mass is 19.2. The molecule has 0 fully saturated rings. The van der Waals surface area contributed by atoms with Crippen molar-refractivity contribution in [2.45, 2.75) is 26.2 Å². The first-order chi connectivity index (χ1) is 27.1. The van der Waals surface area contributed by atoms with Crippen LogP contribution < -0.4 is 9.80 Å². The summed E-state index contributed by atoms with van der Waals surface area (Å²) in [5, 5.41) is 2.06. The summed E-state index contributed by atoms with van der Waals surface area (Å²) in [6.07, 6.45) is 0. The largest absolute Gasteiger partial charge is 0.310 e. The molecule has 0 spiro atoms. The molecule has 0 aromatic heterocycles. The third-order valence-corrected chi connectivity index (χ3v) is 11.0. The molecule has 0 unspecified atom stereocenters. The van der Waals surface area contributed by atoms with Crippen molar-refractivity contribution in [1.82, 2.24) is 0 Å². The number of benzene rings is 8. The van der Waals surface area contributed by atoms with Crippen molar-refractivity contribution >= 4 is 44.9 Å². The van der Waals surface area contributed by atoms with Gasteiger partial charge in [0.25, 0.3) is 0 Å². The lowest BCUT2D eigenvalue weighted by molar-refractivity contribution is 0.461. The van der Waals surface area contributed by atoms with Crippen LogP contribution in [0.3, 0.4) is 0 Å². The van der Waals surface area contributed by atoms with Gasteiger partial charge in [0, 0.05) is 33.6 Å². The minimum absolute atomic E-state index is 0.00168. The van der Waals surface area contributed by atoms with Crippen molar-refractivity contribution in [3.63, 3.8) is 0 Å². The smallest absolute Gasteiger partial charge is 0.186 e. The molecule has 9 rings (SSSR count). The van der Waals surface area contributed by atoms with E-state index in [-0.39, 0.29) is 5.56 Å². The van der Waals surface area contributed by atoms with Gasteiger partial charge in [-0.25, -0.2) is 17.6 Å². The Morgan fingerprint density at radius 3 is 1.71 bits per heavy atom. The SMILES string of the molecule is Cc1ccc(N(c2ccc(-c3c(F)c(F)c(N(c4ccccc4)c4ccc5c(c4)C(C)(C)c4ccccc4-5)c(F)c3F)cc2)c2cccc3ccccc23)cc1. The molecule has 56 heavy (non-hydrogen) atoms. The molecule has 274 valence electrons. The minimum atomic E-state index is -1.49. The summed E-state index contributed by atoms with van der Waals surface area (Å²) in [6, 6.07) is 50.6. The van der Waals surface area contributed by atoms with E-state index in [0.29, 0.717) is 17.1 Å². The van der Waals surface area contributed by atoms with Gasteiger partial charge in [-0.05, 0) is 94.7 Å². The van der Waals surface area contributed by atoms with Crippen LogP contribution in [-0.2, 0) is 5.41 Å². The van der Waals surface area contributed by atoms with Crippen LogP contribution in [0.25, 0.3) is 33.0 Å². The summed E-state index contributed by atoms with van der Waals surface area (Å²) < 4.78 is 66.3. The number of nitrogens with zero attached hydrogens (tertiary/aromatic N) is 2. The molecule has 0 amide bonds. The van der Waals surface area contributed by atoms with Gasteiger partial charge in [0.05, 0.1) is 11.3 Å². The number of hydrogen-bond acceptors (Lipinski definition) is 2. The molecule has 0 heterocycles. The fourth-order valence-electron chi connectivity index (χ4n) is 8.19. The van der Waals surface area contributed by atoms with E-state index in [1.165, 1.54) is 17.0 Å². The number of rotatable bonds is 7. The first-order valence-electron chi connectivity index (χ1n) is 18.5. The molecule has 0 saturated heterocycles. The second-order valence-electron chi connectivity index (χ2n) is 14.8. The number of fused-ring (bicyclic) bond motifs is 4. The number of halogens is 4. The summed E-state index contributed by atoms with van der Waals surface area (Å²) >= 11 is 0. The third-order valence-electron chi connectivity index (χ3n) is 11.0. The Labute approximate surface area is 323 Å². The number of anilines is 6. The van der Waals surface area contributed by atoms with Crippen LogP contribution >= 0.6 is 0 Å². The maximum Gasteiger partial charge on any atom is 0.186 e. The molecule has 0 bridgehead atoms. The fourth-order valence-corrected chi connectivity index (χ4v) is 8.19. The second kappa shape index (κ2) is 13.6. The summed E-state index contributed by atoms with van der Waals surface area (Å²) in [4.78, 5) is 3.31. The van der Waals surface area contributed by atoms with E-state index in [4.69, 9.17) is 0 Å². The van der Waals surface area contributed by atoms with Crippen LogP contribution in [0, 0.1) is 30.2 Å². The molecule has 1 aliphatic carbocycles. The predicted molar refractivity (Wildman–Crippen MR) is 221 cm³/mol. The topological polar surface area (TPSA) is 6.48 Å². The lowest BCUT2D eigenvalue weighted by Crippen LogP contribution is -2.19. The van der Waals surface area contributed by atoms with E-state index in [9.17, 15) is 0 Å². The molecule has 8 aromatic rings. The Morgan fingerprint density at radius 1 is 0.446 bits per heavy atom. The standard InChI is InChI=1S/C50H36F4N2/c1-31-20-24-35(25-21-31)55(43-19-11-13-32-12-7-8-16-38(32)43)36-26-22-33(23-27-36)44-45(51)47(53)49(48(54)46(44)52)56(34-14-5-4-6-15-34)37-28-29-40-39-17-9-10-18-41(39)50(2,3)42(40)30-37/h4-30H,1-3H3. The van der Waals surface area contributed by atoms with E-state index < -0.39 is 39.9 Å². The summed E-state index contributed by atoms with van der Waals surface area (Å²) in [6.45, 7) is 6.20. The van der Waals surface area contributed by atoms with Crippen LogP contribution in [0.15, 0.2) is 164 Å². The van der Waals surface area contributed by atoms with Crippen LogP contribution in [0.2, 0.25) is 0 Å². The normalized spacial score (nSPS) is 12.7. The van der Waals surface area contributed by atoms with E-state index in [1.54, 1.807) is 48.5 Å². The number of para-hydroxylation sites is 1. The molecule has 8 aromatic carbocycles. The first kappa shape index (κ1) is 35.1. The number of hydrogen-bond donors (Lipinski definition) is 0. The van der Waals surface area contributed by atoms with E-state index >= 15 is 17.6 Å². The molecule has 0 aliphatic heterocycles. The number of aryl methyl sites for hydroxylation is 1. The molecule has 0 N–H and O–H groups in total. The average Bonchev–Trinajstić information content (AvgIpc) is 3.46. The van der Waals surface area contributed by atoms with E-state index in [1.807, 2.05) is 97.9 Å². The molecular formula is C50H36F4N2. The zero-order chi connectivity index (χ0) is 38.7. The van der Waals surface area contributed by atoms with Crippen molar-refractivity contribution in [2.75, 3.05) is 9.80 Å². The van der Waals surface area contributed by atoms with Crippen molar-refractivity contribution < 1.29 is 17.6 Å². The molecule has 6 heteroatoms. The highest BCUT2D eigenvalue weighted by molar-refractivity contribution is 5.99. The van der Waals surface area contributed by atoms with Crippen molar-refractivity contribution in [2.24, 2.45) is 0 Å². The first-order valence-corrected chi connectivity index (χ1v) is 18.5. The Balaban J connectivity index is 1.16. The van der Waals surface area contributed by atoms with Crippen LogP contribution in [0.1, 0.15) is 30.5 Å². The van der Waals surface area contributed by atoms with Gasteiger partial charge in [-0.3, -0.25) is 0 Å². The molecule has 2 nitrogen and oxygen atoms in total. The van der Waals surface area contributed by atoms with Gasteiger partial charge in [-0.2, -0.15) is 0 Å². The van der Waals surface area contributed by atoms with Gasteiger partial charge < -0.3 is 9.80 Å². The lowest BCUT2D eigenvalue weighted by Gasteiger charge is -2.29. The van der Waals surface area contributed by atoms with Gasteiger partial charge in [0.15, 0.2) is 23.3 Å². The van der Waals surface area contributed by atoms with Crippen LogP contribution in [0.4, 0.5) is 51.7 Å². The zero-order valence-electron chi connectivity index (χ0n) is 31.0. The third kappa shape index (κ3) is 5.63. The summed E-state index contributed by atoms with van der Waals surface area (Å²) in [5.74, 6) is -5.95. The minimum Gasteiger partial charge on any atom is -0.310 e. The molecule has 0 radical (unpaired) electrons. The highest BCUT2D eigenvalue weighted by Gasteiger charge is 2.37. The molecule has 1 aliphatic rings. The Kier molecular flexibility index (Phi) is 8.50. The van der Waals surface area contributed by atoms with Gasteiger partial charge in [-0.15, -0.1) is 0 Å². The van der Waals surface area contributed by atoms with Gasteiger partial charge in [-0.1, -0.05) is 129 Å². The summed E-state index contributed by atoms with van der Waals surface area (Å²) in [5.41, 5.74) is 6.40. The van der Waals surface area contributed by atoms with Crippen molar-refractivity contribution in [3.8, 4) is 22.3 Å². The quantitative estimate of drug-likeness (QED) is 0.119. The monoisotopic (exact) mass is 740 g/mol. The van der Waals surface area contributed by atoms with Crippen LogP contribution in [0.5, 0.6) is 0 Å². The van der Waals surface area contributed by atoms with Crippen molar-refractivity contribution in [3.05, 3.63) is 204 Å². The lowest BCUT2D eigenvalue weighted by atomic mass is 9.82. The van der Waals surface area contributed by atoms with Crippen molar-refractivity contribution in [1.29, 1.82) is 0 Å². The van der Waals surface area contributed by atoms with E-state index in [2.05, 4.69) is 30.9 Å². The maximum absolute atomic E-state index is 16.7. The highest BCUT2D eigenvalue weighted by Crippen LogP contribution is 2.51. The Morgan fingerprint density at radius 2 is 1.00 bits per heavy atom. The van der Waals surface area contributed by atoms with Gasteiger partial charge in [0.1, 0.15) is 5.69 Å². The maximum atomic E-state index is 16.7. The van der Waals surface area contributed by atoms with E-state index in [0.717, 1.165) is 50.0 Å². The fraction of sp³-hybridized carbons (Fsp3) is 0.0800. The van der Waals surface area contributed by atoms with Crippen LogP contribution in [-0.4, -0.2) is 0 Å². The second-order valence-corrected chi connectivity index (χ2v) is 14.8. The van der Waals surface area contributed by atoms with Gasteiger partial charge in [0.2, 0.25) is 0 Å². The Hall–Kier alpha value is -6.66. The molecular weight excluding hydrogens is 705 g/mol. The van der Waals surface area contributed by atoms with Gasteiger partial charge >= 0.3 is 0 Å². The molecule has 0 atom stereocenters. The Bertz CT molecular complexity index is 2740.